The van der Waals surface area contributed by atoms with Crippen molar-refractivity contribution in [2.75, 3.05) is 24.6 Å². The first kappa shape index (κ1) is 13.2. The Morgan fingerprint density at radius 2 is 2.10 bits per heavy atom. The van der Waals surface area contributed by atoms with Gasteiger partial charge in [0.05, 0.1) is 5.75 Å². The summed E-state index contributed by atoms with van der Waals surface area (Å²) in [5.74, 6) is 1.14. The van der Waals surface area contributed by atoms with E-state index in [4.69, 9.17) is 0 Å². The summed E-state index contributed by atoms with van der Waals surface area (Å²) in [6.07, 6.45) is 2.68. The fourth-order valence-electron chi connectivity index (χ4n) is 3.95. The Morgan fingerprint density at radius 3 is 2.90 bits per heavy atom. The normalized spacial score (nSPS) is 35.7. The van der Waals surface area contributed by atoms with Crippen molar-refractivity contribution in [1.29, 1.82) is 0 Å². The topological polar surface area (TPSA) is 37.4 Å². The van der Waals surface area contributed by atoms with Crippen LogP contribution in [0.4, 0.5) is 0 Å². The number of piperidine rings is 1. The molecule has 0 aromatic heterocycles. The van der Waals surface area contributed by atoms with Crippen LogP contribution in [0.25, 0.3) is 0 Å². The lowest BCUT2D eigenvalue weighted by Crippen LogP contribution is -2.49. The molecule has 0 radical (unpaired) electrons. The minimum atomic E-state index is -2.93. The van der Waals surface area contributed by atoms with Gasteiger partial charge in [-0.05, 0) is 30.4 Å². The average Bonchev–Trinajstić information content (AvgIpc) is 2.74. The monoisotopic (exact) mass is 309 g/mol. The lowest BCUT2D eigenvalue weighted by atomic mass is 9.86. The molecule has 0 N–H and O–H groups in total. The molecule has 0 saturated carbocycles. The van der Waals surface area contributed by atoms with Crippen LogP contribution in [-0.2, 0) is 16.3 Å². The van der Waals surface area contributed by atoms with Crippen molar-refractivity contribution in [3.63, 3.8) is 0 Å². The molecule has 2 saturated heterocycles. The van der Waals surface area contributed by atoms with Gasteiger partial charge < -0.3 is 0 Å². The zero-order valence-corrected chi connectivity index (χ0v) is 13.0. The van der Waals surface area contributed by atoms with Crippen molar-refractivity contribution >= 4 is 21.6 Å². The maximum Gasteiger partial charge on any atom is 0.166 e. The molecule has 3 nitrogen and oxygen atoms in total. The van der Waals surface area contributed by atoms with Gasteiger partial charge in [0, 0.05) is 24.9 Å². The van der Waals surface area contributed by atoms with Gasteiger partial charge in [-0.1, -0.05) is 24.3 Å². The summed E-state index contributed by atoms with van der Waals surface area (Å²) in [5, 5.41) is 0. The third kappa shape index (κ3) is 1.79. The van der Waals surface area contributed by atoms with Crippen LogP contribution in [0.15, 0.2) is 24.3 Å². The highest BCUT2D eigenvalue weighted by Crippen LogP contribution is 2.52. The number of hydrogen-bond donors (Lipinski definition) is 0. The summed E-state index contributed by atoms with van der Waals surface area (Å²) >= 11 is 1.69. The minimum absolute atomic E-state index is 0.300. The highest BCUT2D eigenvalue weighted by Gasteiger charge is 2.53. The Morgan fingerprint density at radius 1 is 1.25 bits per heavy atom. The van der Waals surface area contributed by atoms with Gasteiger partial charge in [-0.3, -0.25) is 4.90 Å². The third-order valence-corrected chi connectivity index (χ3v) is 10.0. The molecule has 4 rings (SSSR count). The molecule has 3 aliphatic heterocycles. The van der Waals surface area contributed by atoms with Gasteiger partial charge in [-0.2, -0.15) is 0 Å². The molecular weight excluding hydrogens is 290 g/mol. The van der Waals surface area contributed by atoms with E-state index >= 15 is 0 Å². The fraction of sp³-hybridized carbons (Fsp3) is 0.600. The number of rotatable bonds is 0. The van der Waals surface area contributed by atoms with E-state index in [1.165, 1.54) is 11.1 Å². The molecule has 2 unspecified atom stereocenters. The SMILES string of the molecule is O=S1(=O)CCSC12CCN1CCc3ccccc3C1C2. The third-order valence-electron chi connectivity index (χ3n) is 5.09. The Hall–Kier alpha value is -0.520. The highest BCUT2D eigenvalue weighted by molar-refractivity contribution is 8.17. The molecule has 20 heavy (non-hydrogen) atoms. The predicted molar refractivity (Wildman–Crippen MR) is 82.7 cm³/mol. The van der Waals surface area contributed by atoms with E-state index in [2.05, 4.69) is 29.2 Å². The van der Waals surface area contributed by atoms with Crippen molar-refractivity contribution in [3.05, 3.63) is 35.4 Å². The first-order chi connectivity index (χ1) is 9.61. The molecule has 5 heteroatoms. The largest absolute Gasteiger partial charge is 0.296 e. The first-order valence-electron chi connectivity index (χ1n) is 7.29. The van der Waals surface area contributed by atoms with Gasteiger partial charge in [0.15, 0.2) is 9.84 Å². The van der Waals surface area contributed by atoms with Crippen LogP contribution in [0.2, 0.25) is 0 Å². The Labute approximate surface area is 124 Å². The van der Waals surface area contributed by atoms with Crippen LogP contribution < -0.4 is 0 Å². The van der Waals surface area contributed by atoms with Crippen LogP contribution in [0.1, 0.15) is 30.0 Å². The van der Waals surface area contributed by atoms with Gasteiger partial charge >= 0.3 is 0 Å². The molecule has 0 amide bonds. The van der Waals surface area contributed by atoms with Gasteiger partial charge in [-0.25, -0.2) is 8.42 Å². The maximum absolute atomic E-state index is 12.5. The minimum Gasteiger partial charge on any atom is -0.296 e. The number of thioether (sulfide) groups is 1. The second kappa shape index (κ2) is 4.49. The zero-order valence-electron chi connectivity index (χ0n) is 11.4. The second-order valence-corrected chi connectivity index (χ2v) is 10.2. The molecule has 3 heterocycles. The molecule has 3 aliphatic rings. The maximum atomic E-state index is 12.5. The van der Waals surface area contributed by atoms with E-state index in [-0.39, 0.29) is 0 Å². The predicted octanol–water partition coefficient (Wildman–Crippen LogP) is 2.24. The average molecular weight is 309 g/mol. The Balaban J connectivity index is 1.75. The zero-order chi connectivity index (χ0) is 13.8. The first-order valence-corrected chi connectivity index (χ1v) is 9.93. The van der Waals surface area contributed by atoms with Crippen LogP contribution in [-0.4, -0.2) is 42.0 Å². The van der Waals surface area contributed by atoms with E-state index in [1.807, 2.05) is 0 Å². The molecule has 1 aromatic rings. The van der Waals surface area contributed by atoms with Crippen molar-refractivity contribution in [2.24, 2.45) is 0 Å². The van der Waals surface area contributed by atoms with Crippen LogP contribution in [0.3, 0.4) is 0 Å². The van der Waals surface area contributed by atoms with Gasteiger partial charge in [0.2, 0.25) is 0 Å². The molecule has 0 bridgehead atoms. The fourth-order valence-corrected chi connectivity index (χ4v) is 8.45. The number of nitrogens with zero attached hydrogens (tertiary/aromatic N) is 1. The van der Waals surface area contributed by atoms with Crippen molar-refractivity contribution in [3.8, 4) is 0 Å². The summed E-state index contributed by atoms with van der Waals surface area (Å²) in [7, 11) is -2.93. The molecular formula is C15H19NO2S2. The van der Waals surface area contributed by atoms with Gasteiger partial charge in [0.1, 0.15) is 4.08 Å². The standard InChI is InChI=1S/C15H19NO2S2/c17-20(18)10-9-19-15(20)6-8-16-7-5-12-3-1-2-4-13(12)14(16)11-15/h1-4,14H,5-11H2. The summed E-state index contributed by atoms with van der Waals surface area (Å²) in [4.78, 5) is 2.49. The van der Waals surface area contributed by atoms with E-state index < -0.39 is 13.9 Å². The smallest absolute Gasteiger partial charge is 0.166 e. The summed E-state index contributed by atoms with van der Waals surface area (Å²) in [6, 6.07) is 8.87. The number of sulfone groups is 1. The van der Waals surface area contributed by atoms with E-state index in [9.17, 15) is 8.42 Å². The van der Waals surface area contributed by atoms with E-state index in [1.54, 1.807) is 11.8 Å². The number of hydrogen-bond acceptors (Lipinski definition) is 4. The van der Waals surface area contributed by atoms with Crippen LogP contribution >= 0.6 is 11.8 Å². The van der Waals surface area contributed by atoms with E-state index in [0.29, 0.717) is 11.8 Å². The summed E-state index contributed by atoms with van der Waals surface area (Å²) in [6.45, 7) is 1.99. The molecule has 1 spiro atoms. The molecule has 0 aliphatic carbocycles. The molecule has 2 fully saturated rings. The number of benzene rings is 1. The highest BCUT2D eigenvalue weighted by atomic mass is 32.3. The number of fused-ring (bicyclic) bond motifs is 3. The molecule has 1 aromatic carbocycles. The van der Waals surface area contributed by atoms with Crippen LogP contribution in [0.5, 0.6) is 0 Å². The summed E-state index contributed by atoms with van der Waals surface area (Å²) in [5.41, 5.74) is 2.77. The lowest BCUT2D eigenvalue weighted by molar-refractivity contribution is 0.134. The van der Waals surface area contributed by atoms with Crippen molar-refractivity contribution in [1.82, 2.24) is 4.90 Å². The quantitative estimate of drug-likeness (QED) is 0.736. The lowest BCUT2D eigenvalue weighted by Gasteiger charge is -2.46. The van der Waals surface area contributed by atoms with Gasteiger partial charge in [-0.15, -0.1) is 11.8 Å². The van der Waals surface area contributed by atoms with Gasteiger partial charge in [0.25, 0.3) is 0 Å². The Bertz CT molecular complexity index is 643. The molecule has 2 atom stereocenters. The van der Waals surface area contributed by atoms with Crippen LogP contribution in [0, 0.1) is 0 Å². The van der Waals surface area contributed by atoms with E-state index in [0.717, 1.165) is 38.1 Å². The summed E-state index contributed by atoms with van der Waals surface area (Å²) < 4.78 is 24.5. The van der Waals surface area contributed by atoms with Crippen molar-refractivity contribution in [2.45, 2.75) is 29.4 Å². The van der Waals surface area contributed by atoms with Crippen molar-refractivity contribution < 1.29 is 8.42 Å². The molecule has 108 valence electrons. The second-order valence-electron chi connectivity index (χ2n) is 6.03. The Kier molecular flexibility index (Phi) is 2.95.